The number of halogens is 2. The molecule has 3 heterocycles. The summed E-state index contributed by atoms with van der Waals surface area (Å²) in [6.45, 7) is 3.87. The number of fused-ring (bicyclic) bond motifs is 5. The largest absolute Gasteiger partial charge is 0.352 e. The van der Waals surface area contributed by atoms with Crippen molar-refractivity contribution < 1.29 is 14.4 Å². The molecule has 180 valence electrons. The molecule has 0 N–H and O–H groups in total. The first-order valence-corrected chi connectivity index (χ1v) is 12.9. The molecule has 0 radical (unpaired) electrons. The van der Waals surface area contributed by atoms with Gasteiger partial charge < -0.3 is 4.90 Å². The Morgan fingerprint density at radius 2 is 1.58 bits per heavy atom. The van der Waals surface area contributed by atoms with E-state index in [0.29, 0.717) is 16.3 Å². The first-order valence-electron chi connectivity index (χ1n) is 11.8. The predicted molar refractivity (Wildman–Crippen MR) is 144 cm³/mol. The number of ketones is 1. The summed E-state index contributed by atoms with van der Waals surface area (Å²) in [5, 5.41) is 0.584. The van der Waals surface area contributed by atoms with E-state index in [9.17, 15) is 14.4 Å². The van der Waals surface area contributed by atoms with Crippen molar-refractivity contribution in [3.8, 4) is 0 Å². The summed E-state index contributed by atoms with van der Waals surface area (Å²) >= 11 is 9.67. The highest BCUT2D eigenvalue weighted by molar-refractivity contribution is 9.10. The summed E-state index contributed by atoms with van der Waals surface area (Å²) in [6, 6.07) is 17.0. The van der Waals surface area contributed by atoms with Gasteiger partial charge in [-0.3, -0.25) is 14.4 Å². The minimum atomic E-state index is -0.821. The molecule has 7 heteroatoms. The summed E-state index contributed by atoms with van der Waals surface area (Å²) in [5.74, 6) is -2.24. The molecule has 0 bridgehead atoms. The van der Waals surface area contributed by atoms with Crippen LogP contribution in [0.4, 0.5) is 11.4 Å². The van der Waals surface area contributed by atoms with E-state index in [-0.39, 0.29) is 17.6 Å². The predicted octanol–water partition coefficient (Wildman–Crippen LogP) is 5.99. The Balaban J connectivity index is 1.50. The Kier molecular flexibility index (Phi) is 5.43. The number of Topliss-reactive ketones (excluding diaryl/α,β-unsaturated/α-hetero) is 1. The monoisotopic (exact) mass is 560 g/mol. The van der Waals surface area contributed by atoms with E-state index >= 15 is 0 Å². The van der Waals surface area contributed by atoms with Crippen molar-refractivity contribution >= 4 is 62.6 Å². The fourth-order valence-corrected chi connectivity index (χ4v) is 6.37. The average Bonchev–Trinajstić information content (AvgIpc) is 3.32. The van der Waals surface area contributed by atoms with Gasteiger partial charge in [0.2, 0.25) is 11.8 Å². The van der Waals surface area contributed by atoms with E-state index in [1.807, 2.05) is 73.4 Å². The van der Waals surface area contributed by atoms with E-state index in [1.54, 1.807) is 18.2 Å². The standard InChI is InChI=1S/C29H22BrClN2O3/c1-15-3-10-21(16(2)13-15)33-28(35)24-23-11-6-18-14-20(31)9-12-22(18)32(23)26(25(24)29(33)36)27(34)17-4-7-19(30)8-5-17/h3-14,23-26H,1-2H3/t23-,24-,25-,26+/m0/s1. The fourth-order valence-electron chi connectivity index (χ4n) is 5.92. The van der Waals surface area contributed by atoms with Crippen LogP contribution in [-0.2, 0) is 9.59 Å². The van der Waals surface area contributed by atoms with Gasteiger partial charge in [-0.2, -0.15) is 0 Å². The second-order valence-corrected chi connectivity index (χ2v) is 11.0. The minimum absolute atomic E-state index is 0.181. The zero-order chi connectivity index (χ0) is 25.3. The van der Waals surface area contributed by atoms with Gasteiger partial charge in [0.1, 0.15) is 6.04 Å². The molecule has 0 saturated carbocycles. The average molecular weight is 562 g/mol. The SMILES string of the molecule is Cc1ccc(N2C(=O)[C@@H]3[C@H](C2=O)[C@H](C(=O)c2ccc(Br)cc2)N2c4ccc(Cl)cc4C=C[C@@H]32)c(C)c1. The molecular formula is C29H22BrClN2O3. The second kappa shape index (κ2) is 8.43. The number of carbonyl (C=O) groups excluding carboxylic acids is 3. The fraction of sp³-hybridized carbons (Fsp3) is 0.207. The van der Waals surface area contributed by atoms with Crippen LogP contribution in [0.1, 0.15) is 27.0 Å². The van der Waals surface area contributed by atoms with Crippen molar-refractivity contribution in [3.05, 3.63) is 98.5 Å². The lowest BCUT2D eigenvalue weighted by atomic mass is 9.86. The maximum atomic E-state index is 14.1. The highest BCUT2D eigenvalue weighted by Crippen LogP contribution is 2.50. The topological polar surface area (TPSA) is 57.7 Å². The van der Waals surface area contributed by atoms with Gasteiger partial charge in [0.15, 0.2) is 5.78 Å². The second-order valence-electron chi connectivity index (χ2n) is 9.63. The van der Waals surface area contributed by atoms with Crippen molar-refractivity contribution in [3.63, 3.8) is 0 Å². The molecule has 36 heavy (non-hydrogen) atoms. The van der Waals surface area contributed by atoms with Crippen LogP contribution in [0, 0.1) is 25.7 Å². The van der Waals surface area contributed by atoms with E-state index in [4.69, 9.17) is 11.6 Å². The molecule has 3 aromatic carbocycles. The minimum Gasteiger partial charge on any atom is -0.352 e. The summed E-state index contributed by atoms with van der Waals surface area (Å²) < 4.78 is 0.857. The molecule has 4 atom stereocenters. The molecule has 3 aliphatic rings. The lowest BCUT2D eigenvalue weighted by Gasteiger charge is -2.36. The maximum Gasteiger partial charge on any atom is 0.240 e. The smallest absolute Gasteiger partial charge is 0.240 e. The van der Waals surface area contributed by atoms with Crippen LogP contribution in [0.15, 0.2) is 71.2 Å². The number of hydrogen-bond acceptors (Lipinski definition) is 4. The van der Waals surface area contributed by atoms with E-state index in [2.05, 4.69) is 15.9 Å². The molecule has 3 aromatic rings. The van der Waals surface area contributed by atoms with Crippen molar-refractivity contribution in [1.82, 2.24) is 0 Å². The van der Waals surface area contributed by atoms with Gasteiger partial charge in [-0.15, -0.1) is 0 Å². The Hall–Kier alpha value is -3.22. The molecule has 2 saturated heterocycles. The molecule has 0 spiro atoms. The van der Waals surface area contributed by atoms with Crippen LogP contribution in [0.25, 0.3) is 6.08 Å². The number of aryl methyl sites for hydroxylation is 2. The lowest BCUT2D eigenvalue weighted by molar-refractivity contribution is -0.122. The Labute approximate surface area is 222 Å². The van der Waals surface area contributed by atoms with Gasteiger partial charge in [-0.25, -0.2) is 4.90 Å². The third-order valence-electron chi connectivity index (χ3n) is 7.46. The van der Waals surface area contributed by atoms with Crippen LogP contribution < -0.4 is 9.80 Å². The number of hydrogen-bond donors (Lipinski definition) is 0. The van der Waals surface area contributed by atoms with Crippen LogP contribution in [0.3, 0.4) is 0 Å². The Morgan fingerprint density at radius 1 is 0.889 bits per heavy atom. The molecule has 2 amide bonds. The number of benzene rings is 3. The molecule has 3 aliphatic heterocycles. The number of imide groups is 1. The summed E-state index contributed by atoms with van der Waals surface area (Å²) in [6.07, 6.45) is 3.87. The Bertz CT molecular complexity index is 1480. The molecule has 6 rings (SSSR count). The third kappa shape index (κ3) is 3.39. The maximum absolute atomic E-state index is 14.1. The lowest BCUT2D eigenvalue weighted by Crippen LogP contribution is -2.49. The molecule has 5 nitrogen and oxygen atoms in total. The zero-order valence-corrected chi connectivity index (χ0v) is 22.0. The third-order valence-corrected chi connectivity index (χ3v) is 8.22. The number of nitrogens with zero attached hydrogens (tertiary/aromatic N) is 2. The molecule has 0 aliphatic carbocycles. The molecule has 0 unspecified atom stereocenters. The highest BCUT2D eigenvalue weighted by Gasteiger charge is 2.64. The van der Waals surface area contributed by atoms with Gasteiger partial charge in [0.05, 0.1) is 23.6 Å². The first kappa shape index (κ1) is 23.2. The van der Waals surface area contributed by atoms with E-state index in [0.717, 1.165) is 26.9 Å². The van der Waals surface area contributed by atoms with Crippen LogP contribution in [-0.4, -0.2) is 29.7 Å². The van der Waals surface area contributed by atoms with Crippen LogP contribution in [0.5, 0.6) is 0 Å². The van der Waals surface area contributed by atoms with Crippen molar-refractivity contribution in [2.45, 2.75) is 25.9 Å². The van der Waals surface area contributed by atoms with Crippen molar-refractivity contribution in [2.24, 2.45) is 11.8 Å². The van der Waals surface area contributed by atoms with Crippen LogP contribution >= 0.6 is 27.5 Å². The molecule has 2 fully saturated rings. The number of anilines is 2. The summed E-state index contributed by atoms with van der Waals surface area (Å²) in [5.41, 5.74) is 4.64. The Morgan fingerprint density at radius 3 is 2.31 bits per heavy atom. The van der Waals surface area contributed by atoms with Crippen molar-refractivity contribution in [1.29, 1.82) is 0 Å². The highest BCUT2D eigenvalue weighted by atomic mass is 79.9. The number of amides is 2. The van der Waals surface area contributed by atoms with E-state index < -0.39 is 23.9 Å². The summed E-state index contributed by atoms with van der Waals surface area (Å²) in [4.78, 5) is 45.2. The summed E-state index contributed by atoms with van der Waals surface area (Å²) in [7, 11) is 0. The van der Waals surface area contributed by atoms with Gasteiger partial charge >= 0.3 is 0 Å². The van der Waals surface area contributed by atoms with E-state index in [1.165, 1.54) is 4.90 Å². The van der Waals surface area contributed by atoms with Gasteiger partial charge in [-0.05, 0) is 61.4 Å². The molecular weight excluding hydrogens is 540 g/mol. The number of rotatable bonds is 3. The van der Waals surface area contributed by atoms with Crippen molar-refractivity contribution in [2.75, 3.05) is 9.80 Å². The quantitative estimate of drug-likeness (QED) is 0.291. The first-order chi connectivity index (χ1) is 17.3. The van der Waals surface area contributed by atoms with Crippen LogP contribution in [0.2, 0.25) is 5.02 Å². The molecule has 0 aromatic heterocycles. The number of carbonyl (C=O) groups is 3. The van der Waals surface area contributed by atoms with Gasteiger partial charge in [0.25, 0.3) is 0 Å². The van der Waals surface area contributed by atoms with Gasteiger partial charge in [-0.1, -0.05) is 69.5 Å². The zero-order valence-electron chi connectivity index (χ0n) is 19.6. The van der Waals surface area contributed by atoms with Gasteiger partial charge in [0, 0.05) is 20.7 Å². The normalized spacial score (nSPS) is 24.1.